The number of aliphatic hydroxyl groups excluding tert-OH is 1. The minimum Gasteiger partial charge on any atom is -0.394 e. The first-order chi connectivity index (χ1) is 9.82. The second-order valence-corrected chi connectivity index (χ2v) is 5.53. The highest BCUT2D eigenvalue weighted by molar-refractivity contribution is 14.1. The van der Waals surface area contributed by atoms with Crippen LogP contribution in [-0.4, -0.2) is 39.2 Å². The van der Waals surface area contributed by atoms with E-state index in [9.17, 15) is 13.6 Å². The molecule has 0 bridgehead atoms. The van der Waals surface area contributed by atoms with Gasteiger partial charge in [-0.05, 0) is 17.1 Å². The first-order valence-corrected chi connectivity index (χ1v) is 7.32. The molecule has 0 aliphatic carbocycles. The van der Waals surface area contributed by atoms with Crippen LogP contribution >= 0.6 is 22.6 Å². The first-order valence-electron chi connectivity index (χ1n) is 6.07. The van der Waals surface area contributed by atoms with Gasteiger partial charge in [-0.3, -0.25) is 4.57 Å². The number of ether oxygens (including phenoxy) is 1. The normalized spacial score (nSPS) is 32.9. The Labute approximate surface area is 132 Å². The molecule has 116 valence electrons. The molecule has 0 amide bonds. The molecule has 0 aromatic carbocycles. The van der Waals surface area contributed by atoms with Gasteiger partial charge in [0, 0.05) is 11.8 Å². The van der Waals surface area contributed by atoms with Crippen molar-refractivity contribution in [2.75, 3.05) is 12.3 Å². The van der Waals surface area contributed by atoms with Crippen molar-refractivity contribution in [3.63, 3.8) is 0 Å². The lowest BCUT2D eigenvalue weighted by Crippen LogP contribution is -2.40. The molecule has 3 N–H and O–H groups in total. The summed E-state index contributed by atoms with van der Waals surface area (Å²) in [6.45, 7) is 0.293. The number of nitrogens with zero attached hydrogens (tertiary/aromatic N) is 2. The molecule has 4 unspecified atom stereocenters. The monoisotopic (exact) mass is 413 g/mol. The van der Waals surface area contributed by atoms with Gasteiger partial charge in [0.05, 0.1) is 6.61 Å². The van der Waals surface area contributed by atoms with Crippen molar-refractivity contribution in [3.05, 3.63) is 26.3 Å². The lowest BCUT2D eigenvalue weighted by atomic mass is 9.98. The molecule has 4 atom stereocenters. The van der Waals surface area contributed by atoms with Crippen LogP contribution in [0.5, 0.6) is 0 Å². The lowest BCUT2D eigenvalue weighted by molar-refractivity contribution is -0.0532. The summed E-state index contributed by atoms with van der Waals surface area (Å²) in [6, 6.07) is 0. The zero-order valence-electron chi connectivity index (χ0n) is 11.0. The van der Waals surface area contributed by atoms with Gasteiger partial charge in [-0.1, -0.05) is 22.6 Å². The van der Waals surface area contributed by atoms with Crippen molar-refractivity contribution < 1.29 is 18.6 Å². The highest BCUT2D eigenvalue weighted by Crippen LogP contribution is 2.41. The van der Waals surface area contributed by atoms with Crippen molar-refractivity contribution >= 4 is 34.5 Å². The van der Waals surface area contributed by atoms with Crippen molar-refractivity contribution in [1.82, 2.24) is 9.55 Å². The maximum atomic E-state index is 14.2. The Morgan fingerprint density at radius 3 is 2.90 bits per heavy atom. The molecule has 21 heavy (non-hydrogen) atoms. The average Bonchev–Trinajstić information content (AvgIpc) is 2.64. The van der Waals surface area contributed by atoms with Gasteiger partial charge < -0.3 is 15.6 Å². The van der Waals surface area contributed by atoms with Crippen molar-refractivity contribution in [3.8, 4) is 0 Å². The van der Waals surface area contributed by atoms with E-state index in [-0.39, 0.29) is 5.82 Å². The molecule has 0 saturated carbocycles. The Bertz CT molecular complexity index is 620. The van der Waals surface area contributed by atoms with Crippen molar-refractivity contribution in [2.24, 2.45) is 0 Å². The largest absolute Gasteiger partial charge is 0.394 e. The number of aromatic nitrogens is 2. The van der Waals surface area contributed by atoms with Crippen LogP contribution in [0.4, 0.5) is 14.6 Å². The zero-order valence-corrected chi connectivity index (χ0v) is 13.2. The fourth-order valence-electron chi connectivity index (χ4n) is 2.13. The average molecular weight is 413 g/mol. The van der Waals surface area contributed by atoms with Crippen LogP contribution in [0.2, 0.25) is 0 Å². The maximum Gasteiger partial charge on any atom is 0.351 e. The van der Waals surface area contributed by atoms with Gasteiger partial charge in [0.15, 0.2) is 18.1 Å². The third-order valence-corrected chi connectivity index (χ3v) is 3.78. The van der Waals surface area contributed by atoms with Gasteiger partial charge in [0.2, 0.25) is 0 Å². The summed E-state index contributed by atoms with van der Waals surface area (Å²) in [7, 11) is 0. The van der Waals surface area contributed by atoms with Gasteiger partial charge in [0.25, 0.3) is 0 Å². The Kier molecular flexibility index (Phi) is 4.63. The van der Waals surface area contributed by atoms with Gasteiger partial charge in [-0.2, -0.15) is 4.98 Å². The van der Waals surface area contributed by atoms with Crippen LogP contribution in [0.15, 0.2) is 15.1 Å². The molecule has 1 aliphatic heterocycles. The number of hydrogen-bond donors (Lipinski definition) is 2. The molecule has 1 fully saturated rings. The van der Waals surface area contributed by atoms with Gasteiger partial charge in [-0.15, -0.1) is 0 Å². The highest BCUT2D eigenvalue weighted by Gasteiger charge is 2.56. The minimum atomic E-state index is -2.40. The molecule has 1 saturated heterocycles. The molecule has 1 aliphatic rings. The second-order valence-electron chi connectivity index (χ2n) is 4.81. The standard InChI is InChI=1S/C12H14F2IN3O3/c1-12(14)7(5-19)21-10(8(12)13)18-4-6(2-3-15)9(16)17-11(18)20/h2-4,7-8,10,19H,5H2,1H3,(H2,16,17,20)/b3-2+. The summed E-state index contributed by atoms with van der Waals surface area (Å²) in [5.41, 5.74) is 2.72. The molecule has 2 rings (SSSR count). The summed E-state index contributed by atoms with van der Waals surface area (Å²) >= 11 is 1.95. The van der Waals surface area contributed by atoms with Crippen LogP contribution in [0.3, 0.4) is 0 Å². The molecule has 6 nitrogen and oxygen atoms in total. The molecule has 1 aromatic rings. The number of hydrogen-bond acceptors (Lipinski definition) is 5. The van der Waals surface area contributed by atoms with E-state index in [1.165, 1.54) is 6.20 Å². The predicted octanol–water partition coefficient (Wildman–Crippen LogP) is 1.19. The molecular formula is C12H14F2IN3O3. The SMILES string of the molecule is CC1(F)C(CO)OC(n2cc(/C=C/I)c(N)nc2=O)C1F. The minimum absolute atomic E-state index is 0.0145. The number of halogens is 3. The second kappa shape index (κ2) is 5.97. The predicted molar refractivity (Wildman–Crippen MR) is 81.4 cm³/mol. The van der Waals surface area contributed by atoms with E-state index in [1.807, 2.05) is 22.6 Å². The Morgan fingerprint density at radius 1 is 1.71 bits per heavy atom. The summed E-state index contributed by atoms with van der Waals surface area (Å²) in [6.07, 6.45) is -2.15. The van der Waals surface area contributed by atoms with Crippen LogP contribution in [0.25, 0.3) is 6.08 Å². The first kappa shape index (κ1) is 16.3. The van der Waals surface area contributed by atoms with Gasteiger partial charge in [0.1, 0.15) is 11.9 Å². The Balaban J connectivity index is 2.48. The third kappa shape index (κ3) is 2.81. The van der Waals surface area contributed by atoms with Crippen LogP contribution in [-0.2, 0) is 4.74 Å². The zero-order chi connectivity index (χ0) is 15.8. The fourth-order valence-corrected chi connectivity index (χ4v) is 2.52. The number of nitrogen functional groups attached to an aromatic ring is 1. The molecule has 0 spiro atoms. The number of anilines is 1. The third-order valence-electron chi connectivity index (χ3n) is 3.42. The van der Waals surface area contributed by atoms with E-state index in [1.54, 1.807) is 10.2 Å². The smallest absolute Gasteiger partial charge is 0.351 e. The van der Waals surface area contributed by atoms with E-state index in [2.05, 4.69) is 4.98 Å². The lowest BCUT2D eigenvalue weighted by Gasteiger charge is -2.20. The maximum absolute atomic E-state index is 14.2. The van der Waals surface area contributed by atoms with Crippen LogP contribution < -0.4 is 11.4 Å². The van der Waals surface area contributed by atoms with Crippen molar-refractivity contribution in [2.45, 2.75) is 31.1 Å². The van der Waals surface area contributed by atoms with Gasteiger partial charge >= 0.3 is 5.69 Å². The highest BCUT2D eigenvalue weighted by atomic mass is 127. The molecule has 9 heteroatoms. The summed E-state index contributed by atoms with van der Waals surface area (Å²) in [5, 5.41) is 9.07. The number of rotatable bonds is 3. The summed E-state index contributed by atoms with van der Waals surface area (Å²) in [5.74, 6) is -0.0145. The summed E-state index contributed by atoms with van der Waals surface area (Å²) in [4.78, 5) is 15.4. The van der Waals surface area contributed by atoms with E-state index >= 15 is 0 Å². The van der Waals surface area contributed by atoms with Gasteiger partial charge in [-0.25, -0.2) is 13.6 Å². The number of nitrogens with two attached hydrogens (primary N) is 1. The summed E-state index contributed by atoms with van der Waals surface area (Å²) < 4.78 is 36.1. The van der Waals surface area contributed by atoms with E-state index in [4.69, 9.17) is 15.6 Å². The van der Waals surface area contributed by atoms with Crippen LogP contribution in [0.1, 0.15) is 18.7 Å². The van der Waals surface area contributed by atoms with Crippen LogP contribution in [0, 0.1) is 0 Å². The molecular weight excluding hydrogens is 399 g/mol. The molecule has 1 aromatic heterocycles. The molecule has 2 heterocycles. The molecule has 0 radical (unpaired) electrons. The van der Waals surface area contributed by atoms with Crippen molar-refractivity contribution in [1.29, 1.82) is 0 Å². The Morgan fingerprint density at radius 2 is 2.38 bits per heavy atom. The van der Waals surface area contributed by atoms with E-state index < -0.39 is 36.5 Å². The topological polar surface area (TPSA) is 90.4 Å². The Hall–Kier alpha value is -1.07. The number of aliphatic hydroxyl groups is 1. The fraction of sp³-hybridized carbons (Fsp3) is 0.500. The quantitative estimate of drug-likeness (QED) is 0.727. The van der Waals surface area contributed by atoms with E-state index in [0.717, 1.165) is 11.5 Å². The number of alkyl halides is 2. The van der Waals surface area contributed by atoms with E-state index in [0.29, 0.717) is 5.56 Å².